The summed E-state index contributed by atoms with van der Waals surface area (Å²) in [6.07, 6.45) is 2.71. The highest BCUT2D eigenvalue weighted by Crippen LogP contribution is 2.01. The van der Waals surface area contributed by atoms with Crippen molar-refractivity contribution in [1.29, 1.82) is 0 Å². The number of nitrogens with zero attached hydrogens (tertiary/aromatic N) is 2. The maximum atomic E-state index is 11.1. The average Bonchev–Trinajstić information content (AvgIpc) is 2.18. The van der Waals surface area contributed by atoms with Gasteiger partial charge in [-0.15, -0.1) is 0 Å². The molecule has 0 amide bonds. The van der Waals surface area contributed by atoms with E-state index in [-0.39, 0.29) is 0 Å². The summed E-state index contributed by atoms with van der Waals surface area (Å²) in [5, 5.41) is 2.82. The second-order valence-electron chi connectivity index (χ2n) is 3.04. The molecular formula is C10H13N3O2. The first-order chi connectivity index (χ1) is 7.09. The van der Waals surface area contributed by atoms with Crippen LogP contribution in [-0.4, -0.2) is 22.2 Å². The molecule has 0 bridgehead atoms. The van der Waals surface area contributed by atoms with E-state index in [0.717, 1.165) is 0 Å². The molecule has 0 saturated heterocycles. The molecule has 0 aliphatic heterocycles. The fourth-order valence-corrected chi connectivity index (χ4v) is 0.846. The third-order valence-corrected chi connectivity index (χ3v) is 1.53. The molecule has 15 heavy (non-hydrogen) atoms. The van der Waals surface area contributed by atoms with Gasteiger partial charge in [-0.2, -0.15) is 0 Å². The number of aromatic nitrogens is 2. The second kappa shape index (κ2) is 5.09. The van der Waals surface area contributed by atoms with Gasteiger partial charge in [-0.25, -0.2) is 14.8 Å². The number of hydrogen-bond acceptors (Lipinski definition) is 5. The molecule has 80 valence electrons. The van der Waals surface area contributed by atoms with Gasteiger partial charge in [-0.3, -0.25) is 0 Å². The third-order valence-electron chi connectivity index (χ3n) is 1.53. The van der Waals surface area contributed by atoms with Crippen LogP contribution in [0.1, 0.15) is 13.8 Å². The van der Waals surface area contributed by atoms with Gasteiger partial charge < -0.3 is 10.1 Å². The Morgan fingerprint density at radius 2 is 2.13 bits per heavy atom. The first-order valence-electron chi connectivity index (χ1n) is 4.49. The minimum Gasteiger partial charge on any atom is -0.439 e. The van der Waals surface area contributed by atoms with E-state index >= 15 is 0 Å². The van der Waals surface area contributed by atoms with E-state index in [2.05, 4.69) is 21.9 Å². The Balaban J connectivity index is 2.46. The number of hydrogen-bond donors (Lipinski definition) is 1. The van der Waals surface area contributed by atoms with Gasteiger partial charge in [0.1, 0.15) is 0 Å². The highest BCUT2D eigenvalue weighted by molar-refractivity contribution is 5.87. The fraction of sp³-hybridized carbons (Fsp3) is 0.300. The first kappa shape index (κ1) is 11.2. The van der Waals surface area contributed by atoms with Crippen LogP contribution in [0.3, 0.4) is 0 Å². The Labute approximate surface area is 88.2 Å². The zero-order chi connectivity index (χ0) is 11.3. The fourth-order valence-electron chi connectivity index (χ4n) is 0.846. The standard InChI is InChI=1S/C10H13N3O2/c1-7(2)9(14)15-8(3)13-10-11-5-4-6-12-10/h4-6,8H,1H2,2-3H3,(H,11,12,13). The van der Waals surface area contributed by atoms with Gasteiger partial charge >= 0.3 is 5.97 Å². The van der Waals surface area contributed by atoms with Gasteiger partial charge in [-0.05, 0) is 19.9 Å². The third kappa shape index (κ3) is 3.76. The number of carbonyl (C=O) groups is 1. The van der Waals surface area contributed by atoms with E-state index in [1.54, 1.807) is 32.3 Å². The van der Waals surface area contributed by atoms with Gasteiger partial charge in [0.05, 0.1) is 0 Å². The molecule has 0 aliphatic rings. The molecule has 0 fully saturated rings. The van der Waals surface area contributed by atoms with Crippen LogP contribution in [0.4, 0.5) is 5.95 Å². The average molecular weight is 207 g/mol. The molecule has 1 unspecified atom stereocenters. The van der Waals surface area contributed by atoms with Crippen LogP contribution in [0, 0.1) is 0 Å². The van der Waals surface area contributed by atoms with Crippen molar-refractivity contribution < 1.29 is 9.53 Å². The summed E-state index contributed by atoms with van der Waals surface area (Å²) in [5.74, 6) is -0.0227. The Kier molecular flexibility index (Phi) is 3.79. The van der Waals surface area contributed by atoms with Crippen molar-refractivity contribution in [2.24, 2.45) is 0 Å². The predicted octanol–water partition coefficient (Wildman–Crippen LogP) is 1.35. The summed E-state index contributed by atoms with van der Waals surface area (Å²) < 4.78 is 4.99. The van der Waals surface area contributed by atoms with Crippen molar-refractivity contribution >= 4 is 11.9 Å². The number of carbonyl (C=O) groups excluding carboxylic acids is 1. The van der Waals surface area contributed by atoms with E-state index < -0.39 is 12.2 Å². The Bertz CT molecular complexity index is 351. The van der Waals surface area contributed by atoms with Crippen molar-refractivity contribution in [3.05, 3.63) is 30.6 Å². The van der Waals surface area contributed by atoms with Crippen LogP contribution in [-0.2, 0) is 9.53 Å². The SMILES string of the molecule is C=C(C)C(=O)OC(C)Nc1ncccn1. The quantitative estimate of drug-likeness (QED) is 0.458. The van der Waals surface area contributed by atoms with Crippen molar-refractivity contribution in [2.45, 2.75) is 20.1 Å². The maximum absolute atomic E-state index is 11.1. The second-order valence-corrected chi connectivity index (χ2v) is 3.04. The van der Waals surface area contributed by atoms with Gasteiger partial charge in [-0.1, -0.05) is 6.58 Å². The van der Waals surface area contributed by atoms with Crippen molar-refractivity contribution in [3.63, 3.8) is 0 Å². The molecule has 0 saturated carbocycles. The van der Waals surface area contributed by atoms with Crippen LogP contribution in [0.25, 0.3) is 0 Å². The highest BCUT2D eigenvalue weighted by Gasteiger charge is 2.09. The summed E-state index contributed by atoms with van der Waals surface area (Å²) in [7, 11) is 0. The highest BCUT2D eigenvalue weighted by atomic mass is 16.6. The number of esters is 1. The molecule has 1 N–H and O–H groups in total. The van der Waals surface area contributed by atoms with Crippen LogP contribution in [0.2, 0.25) is 0 Å². The molecular weight excluding hydrogens is 194 g/mol. The molecule has 5 nitrogen and oxygen atoms in total. The Morgan fingerprint density at radius 1 is 1.53 bits per heavy atom. The summed E-state index contributed by atoms with van der Waals surface area (Å²) in [4.78, 5) is 19.0. The zero-order valence-corrected chi connectivity index (χ0v) is 8.73. The summed E-state index contributed by atoms with van der Waals surface area (Å²) in [6.45, 7) is 6.76. The van der Waals surface area contributed by atoms with Gasteiger partial charge in [0, 0.05) is 18.0 Å². The molecule has 0 radical (unpaired) electrons. The number of nitrogens with one attached hydrogen (secondary N) is 1. The zero-order valence-electron chi connectivity index (χ0n) is 8.73. The van der Waals surface area contributed by atoms with Crippen LogP contribution >= 0.6 is 0 Å². The molecule has 0 aromatic carbocycles. The summed E-state index contributed by atoms with van der Waals surface area (Å²) in [5.41, 5.74) is 0.359. The first-order valence-corrected chi connectivity index (χ1v) is 4.49. The monoisotopic (exact) mass is 207 g/mol. The van der Waals surface area contributed by atoms with Crippen LogP contribution < -0.4 is 5.32 Å². The minimum absolute atomic E-state index is 0.359. The molecule has 1 aromatic heterocycles. The molecule has 1 atom stereocenters. The van der Waals surface area contributed by atoms with Gasteiger partial charge in [0.15, 0.2) is 6.23 Å². The summed E-state index contributed by atoms with van der Waals surface area (Å²) >= 11 is 0. The van der Waals surface area contributed by atoms with Crippen LogP contribution in [0.5, 0.6) is 0 Å². The molecule has 1 aromatic rings. The Morgan fingerprint density at radius 3 is 2.67 bits per heavy atom. The number of anilines is 1. The maximum Gasteiger partial charge on any atom is 0.335 e. The van der Waals surface area contributed by atoms with E-state index in [1.807, 2.05) is 0 Å². The minimum atomic E-state index is -0.489. The lowest BCUT2D eigenvalue weighted by Crippen LogP contribution is -2.24. The lowest BCUT2D eigenvalue weighted by Gasteiger charge is -2.14. The van der Waals surface area contributed by atoms with Crippen molar-refractivity contribution in [1.82, 2.24) is 9.97 Å². The molecule has 0 aliphatic carbocycles. The lowest BCUT2D eigenvalue weighted by molar-refractivity contribution is -0.142. The van der Waals surface area contributed by atoms with Crippen molar-refractivity contribution in [3.8, 4) is 0 Å². The predicted molar refractivity (Wildman–Crippen MR) is 56.0 cm³/mol. The van der Waals surface area contributed by atoms with Crippen molar-refractivity contribution in [2.75, 3.05) is 5.32 Å². The largest absolute Gasteiger partial charge is 0.439 e. The molecule has 1 rings (SSSR count). The smallest absolute Gasteiger partial charge is 0.335 e. The van der Waals surface area contributed by atoms with E-state index in [9.17, 15) is 4.79 Å². The summed E-state index contributed by atoms with van der Waals surface area (Å²) in [6, 6.07) is 1.70. The number of ether oxygens (including phenoxy) is 1. The van der Waals surface area contributed by atoms with Gasteiger partial charge in [0.2, 0.25) is 5.95 Å². The Hall–Kier alpha value is -1.91. The molecule has 5 heteroatoms. The van der Waals surface area contributed by atoms with E-state index in [0.29, 0.717) is 11.5 Å². The number of rotatable bonds is 4. The topological polar surface area (TPSA) is 64.1 Å². The normalized spacial score (nSPS) is 11.6. The van der Waals surface area contributed by atoms with Crippen LogP contribution in [0.15, 0.2) is 30.6 Å². The van der Waals surface area contributed by atoms with E-state index in [4.69, 9.17) is 4.74 Å². The van der Waals surface area contributed by atoms with Gasteiger partial charge in [0.25, 0.3) is 0 Å². The molecule has 0 spiro atoms. The lowest BCUT2D eigenvalue weighted by atomic mass is 10.4. The molecule has 1 heterocycles. The van der Waals surface area contributed by atoms with E-state index in [1.165, 1.54) is 0 Å².